The third-order valence-corrected chi connectivity index (χ3v) is 5.26. The van der Waals surface area contributed by atoms with Crippen molar-refractivity contribution in [1.29, 1.82) is 0 Å². The SMILES string of the molecule is Cc1ccc2c(c1)c(=O)c1ccccc1n2-c1ccc(-c2ccccc2)cc1. The highest BCUT2D eigenvalue weighted by Crippen LogP contribution is 2.26. The molecule has 0 fully saturated rings. The molecule has 0 saturated heterocycles. The number of nitrogens with zero attached hydrogens (tertiary/aromatic N) is 1. The van der Waals surface area contributed by atoms with E-state index in [0.29, 0.717) is 0 Å². The lowest BCUT2D eigenvalue weighted by Crippen LogP contribution is -2.10. The monoisotopic (exact) mass is 361 g/mol. The number of hydrogen-bond donors (Lipinski definition) is 0. The number of rotatable bonds is 2. The van der Waals surface area contributed by atoms with Crippen LogP contribution in [-0.4, -0.2) is 4.57 Å². The summed E-state index contributed by atoms with van der Waals surface area (Å²) in [5.74, 6) is 0. The summed E-state index contributed by atoms with van der Waals surface area (Å²) < 4.78 is 2.18. The van der Waals surface area contributed by atoms with E-state index in [0.717, 1.165) is 33.1 Å². The van der Waals surface area contributed by atoms with Gasteiger partial charge in [0.05, 0.1) is 11.0 Å². The molecule has 5 rings (SSSR count). The number of fused-ring (bicyclic) bond motifs is 2. The van der Waals surface area contributed by atoms with Gasteiger partial charge in [-0.2, -0.15) is 0 Å². The van der Waals surface area contributed by atoms with Crippen molar-refractivity contribution in [2.45, 2.75) is 6.92 Å². The van der Waals surface area contributed by atoms with E-state index in [9.17, 15) is 4.79 Å². The Bertz CT molecular complexity index is 1360. The molecule has 0 saturated carbocycles. The fourth-order valence-electron chi connectivity index (χ4n) is 3.87. The molecule has 0 aliphatic rings. The topological polar surface area (TPSA) is 22.0 Å². The quantitative estimate of drug-likeness (QED) is 0.347. The Morgan fingerprint density at radius 3 is 2.04 bits per heavy atom. The minimum Gasteiger partial charge on any atom is -0.309 e. The third kappa shape index (κ3) is 2.62. The molecule has 0 N–H and O–H groups in total. The van der Waals surface area contributed by atoms with Crippen molar-refractivity contribution in [2.24, 2.45) is 0 Å². The second kappa shape index (κ2) is 6.50. The Morgan fingerprint density at radius 2 is 1.25 bits per heavy atom. The summed E-state index contributed by atoms with van der Waals surface area (Å²) in [6, 6.07) is 32.8. The van der Waals surface area contributed by atoms with E-state index in [2.05, 4.69) is 47.0 Å². The van der Waals surface area contributed by atoms with Gasteiger partial charge in [0, 0.05) is 16.5 Å². The molecule has 1 aromatic heterocycles. The van der Waals surface area contributed by atoms with Crippen LogP contribution in [0.2, 0.25) is 0 Å². The van der Waals surface area contributed by atoms with Crippen molar-refractivity contribution in [3.63, 3.8) is 0 Å². The van der Waals surface area contributed by atoms with Crippen molar-refractivity contribution < 1.29 is 0 Å². The molecule has 0 radical (unpaired) electrons. The van der Waals surface area contributed by atoms with Crippen LogP contribution >= 0.6 is 0 Å². The molecular weight excluding hydrogens is 342 g/mol. The molecule has 1 heterocycles. The second-order valence-corrected chi connectivity index (χ2v) is 7.12. The summed E-state index contributed by atoms with van der Waals surface area (Å²) >= 11 is 0. The van der Waals surface area contributed by atoms with Crippen molar-refractivity contribution >= 4 is 21.8 Å². The lowest BCUT2D eigenvalue weighted by atomic mass is 10.0. The summed E-state index contributed by atoms with van der Waals surface area (Å²) in [7, 11) is 0. The third-order valence-electron chi connectivity index (χ3n) is 5.26. The molecule has 0 aliphatic carbocycles. The molecule has 0 atom stereocenters. The molecule has 0 aliphatic heterocycles. The summed E-state index contributed by atoms with van der Waals surface area (Å²) in [6.45, 7) is 2.02. The lowest BCUT2D eigenvalue weighted by Gasteiger charge is -2.16. The van der Waals surface area contributed by atoms with Crippen LogP contribution in [0.5, 0.6) is 0 Å². The molecule has 2 heteroatoms. The number of benzene rings is 4. The van der Waals surface area contributed by atoms with Crippen LogP contribution in [0.4, 0.5) is 0 Å². The van der Waals surface area contributed by atoms with Crippen LogP contribution in [0.1, 0.15) is 5.56 Å². The van der Waals surface area contributed by atoms with Crippen LogP contribution in [0, 0.1) is 6.92 Å². The van der Waals surface area contributed by atoms with E-state index in [1.54, 1.807) is 0 Å². The summed E-state index contributed by atoms with van der Waals surface area (Å²) in [5, 5.41) is 1.50. The van der Waals surface area contributed by atoms with Gasteiger partial charge in [-0.05, 0) is 54.4 Å². The number of aryl methyl sites for hydroxylation is 1. The van der Waals surface area contributed by atoms with Crippen LogP contribution in [0.25, 0.3) is 38.6 Å². The number of pyridine rings is 1. The largest absolute Gasteiger partial charge is 0.309 e. The normalized spacial score (nSPS) is 11.2. The molecule has 0 bridgehead atoms. The van der Waals surface area contributed by atoms with E-state index >= 15 is 0 Å². The number of para-hydroxylation sites is 1. The predicted molar refractivity (Wildman–Crippen MR) is 117 cm³/mol. The van der Waals surface area contributed by atoms with Crippen molar-refractivity contribution in [2.75, 3.05) is 0 Å². The van der Waals surface area contributed by atoms with Gasteiger partial charge < -0.3 is 4.57 Å². The van der Waals surface area contributed by atoms with Gasteiger partial charge in [0.2, 0.25) is 0 Å². The summed E-state index contributed by atoms with van der Waals surface area (Å²) in [6.07, 6.45) is 0. The zero-order chi connectivity index (χ0) is 19.1. The van der Waals surface area contributed by atoms with E-state index in [4.69, 9.17) is 0 Å². The average Bonchev–Trinajstić information content (AvgIpc) is 2.75. The zero-order valence-electron chi connectivity index (χ0n) is 15.6. The predicted octanol–water partition coefficient (Wildman–Crippen LogP) is 6.12. The molecule has 28 heavy (non-hydrogen) atoms. The van der Waals surface area contributed by atoms with Gasteiger partial charge in [0.1, 0.15) is 0 Å². The Kier molecular flexibility index (Phi) is 3.84. The highest BCUT2D eigenvalue weighted by atomic mass is 16.1. The van der Waals surface area contributed by atoms with Crippen molar-refractivity contribution in [1.82, 2.24) is 4.57 Å². The molecule has 5 aromatic rings. The summed E-state index contributed by atoms with van der Waals surface area (Å²) in [5.41, 5.74) is 6.45. The smallest absolute Gasteiger partial charge is 0.197 e. The number of aromatic nitrogens is 1. The molecule has 4 aromatic carbocycles. The Morgan fingerprint density at radius 1 is 0.607 bits per heavy atom. The fraction of sp³-hybridized carbons (Fsp3) is 0.0385. The van der Waals surface area contributed by atoms with Crippen LogP contribution in [0.15, 0.2) is 102 Å². The fourth-order valence-corrected chi connectivity index (χ4v) is 3.87. The molecular formula is C26H19NO. The maximum atomic E-state index is 13.0. The Labute approximate surface area is 163 Å². The molecule has 0 unspecified atom stereocenters. The number of hydrogen-bond acceptors (Lipinski definition) is 1. The molecule has 134 valence electrons. The van der Waals surface area contributed by atoms with Gasteiger partial charge in [0.25, 0.3) is 0 Å². The highest BCUT2D eigenvalue weighted by molar-refractivity contribution is 5.95. The first-order chi connectivity index (χ1) is 13.7. The van der Waals surface area contributed by atoms with Gasteiger partial charge in [0.15, 0.2) is 5.43 Å². The highest BCUT2D eigenvalue weighted by Gasteiger charge is 2.12. The van der Waals surface area contributed by atoms with Crippen LogP contribution in [0.3, 0.4) is 0 Å². The Balaban J connectivity index is 1.80. The van der Waals surface area contributed by atoms with E-state index in [1.165, 1.54) is 11.1 Å². The van der Waals surface area contributed by atoms with Gasteiger partial charge in [-0.3, -0.25) is 4.79 Å². The first-order valence-electron chi connectivity index (χ1n) is 9.42. The van der Waals surface area contributed by atoms with Crippen molar-refractivity contribution in [3.05, 3.63) is 113 Å². The van der Waals surface area contributed by atoms with Gasteiger partial charge >= 0.3 is 0 Å². The first-order valence-corrected chi connectivity index (χ1v) is 9.42. The first kappa shape index (κ1) is 16.5. The lowest BCUT2D eigenvalue weighted by molar-refractivity contribution is 1.16. The molecule has 2 nitrogen and oxygen atoms in total. The molecule has 0 spiro atoms. The molecule has 0 amide bonds. The maximum Gasteiger partial charge on any atom is 0.197 e. The van der Waals surface area contributed by atoms with Crippen LogP contribution < -0.4 is 5.43 Å². The minimum atomic E-state index is 0.0893. The Hall–Kier alpha value is -3.65. The van der Waals surface area contributed by atoms with E-state index in [1.807, 2.05) is 61.5 Å². The van der Waals surface area contributed by atoms with Crippen molar-refractivity contribution in [3.8, 4) is 16.8 Å². The maximum absolute atomic E-state index is 13.0. The van der Waals surface area contributed by atoms with Crippen LogP contribution in [-0.2, 0) is 0 Å². The minimum absolute atomic E-state index is 0.0893. The zero-order valence-corrected chi connectivity index (χ0v) is 15.6. The average molecular weight is 361 g/mol. The second-order valence-electron chi connectivity index (χ2n) is 7.12. The summed E-state index contributed by atoms with van der Waals surface area (Å²) in [4.78, 5) is 13.0. The standard InChI is InChI=1S/C26H19NO/c1-18-11-16-25-23(17-18)26(28)22-9-5-6-10-24(22)27(25)21-14-12-20(13-15-21)19-7-3-2-4-8-19/h2-17H,1H3. The van der Waals surface area contributed by atoms with Gasteiger partial charge in [-0.1, -0.05) is 66.2 Å². The van der Waals surface area contributed by atoms with E-state index in [-0.39, 0.29) is 5.43 Å². The van der Waals surface area contributed by atoms with E-state index < -0.39 is 0 Å². The van der Waals surface area contributed by atoms with Gasteiger partial charge in [-0.15, -0.1) is 0 Å². The van der Waals surface area contributed by atoms with Gasteiger partial charge in [-0.25, -0.2) is 0 Å².